The number of hydrogen-bond acceptors (Lipinski definition) is 3. The van der Waals surface area contributed by atoms with Crippen LogP contribution in [0.15, 0.2) is 23.1 Å². The number of nitrogens with one attached hydrogen (secondary N) is 1. The average molecular weight is 238 g/mol. The highest BCUT2D eigenvalue weighted by molar-refractivity contribution is 7.98. The number of rotatable bonds is 4. The molecule has 1 atom stereocenters. The van der Waals surface area contributed by atoms with Crippen LogP contribution >= 0.6 is 11.8 Å². The quantitative estimate of drug-likeness (QED) is 0.785. The van der Waals surface area contributed by atoms with Gasteiger partial charge in [-0.15, -0.1) is 11.8 Å². The maximum atomic E-state index is 11.3. The number of aryl methyl sites for hydroxylation is 1. The van der Waals surface area contributed by atoms with E-state index < -0.39 is 6.04 Å². The summed E-state index contributed by atoms with van der Waals surface area (Å²) in [6.07, 6.45) is 2.03. The van der Waals surface area contributed by atoms with Gasteiger partial charge in [-0.2, -0.15) is 0 Å². The Morgan fingerprint density at radius 3 is 2.81 bits per heavy atom. The molecule has 0 unspecified atom stereocenters. The Morgan fingerprint density at radius 2 is 2.25 bits per heavy atom. The first kappa shape index (κ1) is 13.1. The lowest BCUT2D eigenvalue weighted by atomic mass is 10.1. The SMILES string of the molecule is CSc1cc(C)ccc1CNC(=O)[C@H](C)N. The molecule has 1 rings (SSSR count). The van der Waals surface area contributed by atoms with E-state index in [0.29, 0.717) is 6.54 Å². The number of hydrogen-bond donors (Lipinski definition) is 2. The molecule has 0 bridgehead atoms. The van der Waals surface area contributed by atoms with Gasteiger partial charge in [-0.1, -0.05) is 12.1 Å². The van der Waals surface area contributed by atoms with Crippen LogP contribution in [0.25, 0.3) is 0 Å². The van der Waals surface area contributed by atoms with Gasteiger partial charge in [0.05, 0.1) is 6.04 Å². The van der Waals surface area contributed by atoms with Crippen LogP contribution < -0.4 is 11.1 Å². The van der Waals surface area contributed by atoms with Crippen LogP contribution in [0.1, 0.15) is 18.1 Å². The van der Waals surface area contributed by atoms with Gasteiger partial charge in [0.15, 0.2) is 0 Å². The second kappa shape index (κ2) is 5.92. The van der Waals surface area contributed by atoms with Gasteiger partial charge in [0.25, 0.3) is 0 Å². The largest absolute Gasteiger partial charge is 0.351 e. The number of nitrogens with two attached hydrogens (primary N) is 1. The average Bonchev–Trinajstić information content (AvgIpc) is 2.26. The van der Waals surface area contributed by atoms with Crippen molar-refractivity contribution in [2.24, 2.45) is 5.73 Å². The molecule has 1 aromatic carbocycles. The van der Waals surface area contributed by atoms with Crippen LogP contribution in [0.3, 0.4) is 0 Å². The maximum absolute atomic E-state index is 11.3. The standard InChI is InChI=1S/C12H18N2OS/c1-8-4-5-10(11(6-8)16-3)7-14-12(15)9(2)13/h4-6,9H,7,13H2,1-3H3,(H,14,15)/t9-/m0/s1. The van der Waals surface area contributed by atoms with Crippen molar-refractivity contribution in [3.05, 3.63) is 29.3 Å². The molecule has 0 spiro atoms. The van der Waals surface area contributed by atoms with E-state index in [4.69, 9.17) is 5.73 Å². The highest BCUT2D eigenvalue weighted by Crippen LogP contribution is 2.21. The molecule has 0 aromatic heterocycles. The van der Waals surface area contributed by atoms with Crippen molar-refractivity contribution >= 4 is 17.7 Å². The molecule has 88 valence electrons. The number of thioether (sulfide) groups is 1. The minimum Gasteiger partial charge on any atom is -0.351 e. The molecule has 1 amide bonds. The third kappa shape index (κ3) is 3.54. The smallest absolute Gasteiger partial charge is 0.236 e. The molecule has 16 heavy (non-hydrogen) atoms. The van der Waals surface area contributed by atoms with Gasteiger partial charge < -0.3 is 11.1 Å². The van der Waals surface area contributed by atoms with E-state index in [1.165, 1.54) is 10.5 Å². The third-order valence-electron chi connectivity index (χ3n) is 2.31. The molecule has 0 radical (unpaired) electrons. The van der Waals surface area contributed by atoms with Gasteiger partial charge in [0.1, 0.15) is 0 Å². The lowest BCUT2D eigenvalue weighted by Crippen LogP contribution is -2.37. The van der Waals surface area contributed by atoms with Crippen molar-refractivity contribution in [2.75, 3.05) is 6.26 Å². The molecule has 3 N–H and O–H groups in total. The molecular formula is C12H18N2OS. The zero-order valence-corrected chi connectivity index (χ0v) is 10.7. The van der Waals surface area contributed by atoms with Gasteiger partial charge in [0.2, 0.25) is 5.91 Å². The second-order valence-electron chi connectivity index (χ2n) is 3.82. The lowest BCUT2D eigenvalue weighted by molar-refractivity contribution is -0.122. The Morgan fingerprint density at radius 1 is 1.56 bits per heavy atom. The summed E-state index contributed by atoms with van der Waals surface area (Å²) >= 11 is 1.69. The first-order chi connectivity index (χ1) is 7.54. The zero-order valence-electron chi connectivity index (χ0n) is 9.91. The van der Waals surface area contributed by atoms with Crippen LogP contribution in [0.4, 0.5) is 0 Å². The lowest BCUT2D eigenvalue weighted by Gasteiger charge is -2.11. The monoisotopic (exact) mass is 238 g/mol. The van der Waals surface area contributed by atoms with E-state index >= 15 is 0 Å². The highest BCUT2D eigenvalue weighted by Gasteiger charge is 2.08. The molecular weight excluding hydrogens is 220 g/mol. The van der Waals surface area contributed by atoms with E-state index in [-0.39, 0.29) is 5.91 Å². The van der Waals surface area contributed by atoms with Crippen LogP contribution in [0.2, 0.25) is 0 Å². The summed E-state index contributed by atoms with van der Waals surface area (Å²) in [7, 11) is 0. The van der Waals surface area contributed by atoms with Gasteiger partial charge in [0, 0.05) is 11.4 Å². The first-order valence-electron chi connectivity index (χ1n) is 5.21. The fraction of sp³-hybridized carbons (Fsp3) is 0.417. The van der Waals surface area contributed by atoms with Gasteiger partial charge >= 0.3 is 0 Å². The van der Waals surface area contributed by atoms with Crippen LogP contribution in [-0.2, 0) is 11.3 Å². The molecule has 4 heteroatoms. The summed E-state index contributed by atoms with van der Waals surface area (Å²) in [6.45, 7) is 4.28. The number of carbonyl (C=O) groups excluding carboxylic acids is 1. The van der Waals surface area contributed by atoms with Crippen molar-refractivity contribution in [3.63, 3.8) is 0 Å². The van der Waals surface area contributed by atoms with E-state index in [0.717, 1.165) is 5.56 Å². The molecule has 0 saturated carbocycles. The minimum atomic E-state index is -0.455. The minimum absolute atomic E-state index is 0.118. The summed E-state index contributed by atoms with van der Waals surface area (Å²) in [5.74, 6) is -0.118. The summed E-state index contributed by atoms with van der Waals surface area (Å²) < 4.78 is 0. The van der Waals surface area contributed by atoms with Crippen LogP contribution in [0, 0.1) is 6.92 Å². The topological polar surface area (TPSA) is 55.1 Å². The first-order valence-corrected chi connectivity index (χ1v) is 6.44. The molecule has 1 aromatic rings. The Balaban J connectivity index is 2.70. The normalized spacial score (nSPS) is 12.2. The van der Waals surface area contributed by atoms with E-state index in [2.05, 4.69) is 18.3 Å². The van der Waals surface area contributed by atoms with Crippen molar-refractivity contribution in [1.29, 1.82) is 0 Å². The number of carbonyl (C=O) groups is 1. The second-order valence-corrected chi connectivity index (χ2v) is 4.67. The van der Waals surface area contributed by atoms with Crippen LogP contribution in [0.5, 0.6) is 0 Å². The molecule has 0 heterocycles. The highest BCUT2D eigenvalue weighted by atomic mass is 32.2. The van der Waals surface area contributed by atoms with Gasteiger partial charge in [-0.3, -0.25) is 4.79 Å². The summed E-state index contributed by atoms with van der Waals surface area (Å²) in [4.78, 5) is 12.5. The fourth-order valence-corrected chi connectivity index (χ4v) is 2.05. The molecule has 3 nitrogen and oxygen atoms in total. The van der Waals surface area contributed by atoms with Crippen molar-refractivity contribution < 1.29 is 4.79 Å². The van der Waals surface area contributed by atoms with Gasteiger partial charge in [-0.25, -0.2) is 0 Å². The fourth-order valence-electron chi connectivity index (χ4n) is 1.34. The molecule has 0 aliphatic rings. The summed E-state index contributed by atoms with van der Waals surface area (Å²) in [6, 6.07) is 5.76. The number of amides is 1. The van der Waals surface area contributed by atoms with E-state index in [9.17, 15) is 4.79 Å². The van der Waals surface area contributed by atoms with Gasteiger partial charge in [-0.05, 0) is 37.3 Å². The Labute approximate surface area is 101 Å². The van der Waals surface area contributed by atoms with Crippen molar-refractivity contribution in [2.45, 2.75) is 31.3 Å². The molecule has 0 aliphatic heterocycles. The third-order valence-corrected chi connectivity index (χ3v) is 3.13. The summed E-state index contributed by atoms with van der Waals surface area (Å²) in [5, 5.41) is 2.82. The van der Waals surface area contributed by atoms with Crippen molar-refractivity contribution in [3.8, 4) is 0 Å². The molecule has 0 saturated heterocycles. The predicted molar refractivity (Wildman–Crippen MR) is 68.5 cm³/mol. The Hall–Kier alpha value is -1.00. The molecule has 0 fully saturated rings. The number of benzene rings is 1. The Kier molecular flexibility index (Phi) is 4.83. The zero-order chi connectivity index (χ0) is 12.1. The van der Waals surface area contributed by atoms with Crippen LogP contribution in [-0.4, -0.2) is 18.2 Å². The summed E-state index contributed by atoms with van der Waals surface area (Å²) in [5.41, 5.74) is 7.84. The Bertz CT molecular complexity index is 377. The van der Waals surface area contributed by atoms with E-state index in [1.54, 1.807) is 18.7 Å². The van der Waals surface area contributed by atoms with E-state index in [1.807, 2.05) is 18.4 Å². The van der Waals surface area contributed by atoms with Crippen molar-refractivity contribution in [1.82, 2.24) is 5.32 Å². The molecule has 0 aliphatic carbocycles. The predicted octanol–water partition coefficient (Wildman–Crippen LogP) is 1.68. The maximum Gasteiger partial charge on any atom is 0.236 e.